The summed E-state index contributed by atoms with van der Waals surface area (Å²) in [4.78, 5) is 17.2. The average Bonchev–Trinajstić information content (AvgIpc) is 2.78. The van der Waals surface area contributed by atoms with Crippen LogP contribution in [0.4, 0.5) is 0 Å². The van der Waals surface area contributed by atoms with Gasteiger partial charge in [-0.25, -0.2) is 4.79 Å². The van der Waals surface area contributed by atoms with Gasteiger partial charge in [-0.05, 0) is 54.9 Å². The first kappa shape index (κ1) is 14.8. The molecule has 0 amide bonds. The first-order chi connectivity index (χ1) is 9.84. The largest absolute Gasteiger partial charge is 0.365 e. The Hall–Kier alpha value is -1.16. The Morgan fingerprint density at radius 1 is 1.29 bits per heavy atom. The van der Waals surface area contributed by atoms with Crippen molar-refractivity contribution in [3.8, 4) is 0 Å². The van der Waals surface area contributed by atoms with E-state index < -0.39 is 0 Å². The Morgan fingerprint density at radius 2 is 1.95 bits per heavy atom. The smallest absolute Gasteiger partial charge is 0.313 e. The van der Waals surface area contributed by atoms with E-state index in [0.717, 1.165) is 23.0 Å². The van der Waals surface area contributed by atoms with E-state index in [2.05, 4.69) is 41.9 Å². The number of carbonyl (C=O) groups excluding carboxylic acids is 1. The molecule has 2 unspecified atom stereocenters. The molecule has 0 N–H and O–H groups in total. The van der Waals surface area contributed by atoms with Gasteiger partial charge in [-0.1, -0.05) is 41.9 Å². The molecule has 0 aliphatic heterocycles. The topological polar surface area (TPSA) is 38.7 Å². The molecular formula is C17H20BrNO2. The molecule has 2 aliphatic carbocycles. The lowest BCUT2D eigenvalue weighted by Crippen LogP contribution is -2.32. The fourth-order valence-corrected chi connectivity index (χ4v) is 4.07. The third-order valence-electron chi connectivity index (χ3n) is 5.83. The monoisotopic (exact) mass is 349 g/mol. The number of fused-ring (bicyclic) bond motifs is 2. The first-order valence-corrected chi connectivity index (χ1v) is 8.18. The molecule has 0 aromatic heterocycles. The van der Waals surface area contributed by atoms with Crippen molar-refractivity contribution in [2.24, 2.45) is 21.9 Å². The normalized spacial score (nSPS) is 31.6. The second-order valence-electron chi connectivity index (χ2n) is 6.92. The predicted octanol–water partition coefficient (Wildman–Crippen LogP) is 4.81. The SMILES string of the molecule is CC12CCC(C/C1=N\OC(=O)c1ccc(Br)cc1)C2(C)C. The Balaban J connectivity index is 1.76. The second kappa shape index (κ2) is 4.94. The zero-order chi connectivity index (χ0) is 15.3. The van der Waals surface area contributed by atoms with Crippen molar-refractivity contribution in [3.05, 3.63) is 34.3 Å². The molecule has 0 radical (unpaired) electrons. The van der Waals surface area contributed by atoms with Crippen LogP contribution in [0, 0.1) is 16.7 Å². The highest BCUT2D eigenvalue weighted by Crippen LogP contribution is 2.63. The van der Waals surface area contributed by atoms with Gasteiger partial charge in [0.15, 0.2) is 0 Å². The van der Waals surface area contributed by atoms with Crippen molar-refractivity contribution in [2.45, 2.75) is 40.0 Å². The van der Waals surface area contributed by atoms with Crippen LogP contribution in [0.5, 0.6) is 0 Å². The molecule has 2 aliphatic rings. The fraction of sp³-hybridized carbons (Fsp3) is 0.529. The van der Waals surface area contributed by atoms with Gasteiger partial charge in [0.1, 0.15) is 0 Å². The third kappa shape index (κ3) is 2.24. The highest BCUT2D eigenvalue weighted by atomic mass is 79.9. The van der Waals surface area contributed by atoms with E-state index in [-0.39, 0.29) is 16.8 Å². The van der Waals surface area contributed by atoms with Crippen LogP contribution in [0.25, 0.3) is 0 Å². The molecule has 2 fully saturated rings. The molecule has 2 bridgehead atoms. The van der Waals surface area contributed by atoms with E-state index in [9.17, 15) is 4.79 Å². The van der Waals surface area contributed by atoms with E-state index in [1.165, 1.54) is 6.42 Å². The van der Waals surface area contributed by atoms with Gasteiger partial charge in [-0.3, -0.25) is 0 Å². The number of hydrogen-bond acceptors (Lipinski definition) is 3. The predicted molar refractivity (Wildman–Crippen MR) is 86.2 cm³/mol. The fourth-order valence-electron chi connectivity index (χ4n) is 3.80. The van der Waals surface area contributed by atoms with Crippen LogP contribution >= 0.6 is 15.9 Å². The summed E-state index contributed by atoms with van der Waals surface area (Å²) in [6, 6.07) is 7.12. The van der Waals surface area contributed by atoms with E-state index >= 15 is 0 Å². The molecule has 2 saturated carbocycles. The van der Waals surface area contributed by atoms with Gasteiger partial charge in [0.05, 0.1) is 11.3 Å². The molecule has 21 heavy (non-hydrogen) atoms. The molecule has 3 nitrogen and oxygen atoms in total. The quantitative estimate of drug-likeness (QED) is 0.567. The summed E-state index contributed by atoms with van der Waals surface area (Å²) in [5.41, 5.74) is 1.89. The maximum absolute atomic E-state index is 12.0. The molecule has 1 aromatic carbocycles. The maximum atomic E-state index is 12.0. The maximum Gasteiger partial charge on any atom is 0.365 e. The van der Waals surface area contributed by atoms with Crippen LogP contribution in [-0.2, 0) is 4.84 Å². The lowest BCUT2D eigenvalue weighted by atomic mass is 9.70. The number of nitrogens with zero attached hydrogens (tertiary/aromatic N) is 1. The van der Waals surface area contributed by atoms with Gasteiger partial charge in [-0.15, -0.1) is 0 Å². The van der Waals surface area contributed by atoms with Gasteiger partial charge in [0.25, 0.3) is 0 Å². The highest BCUT2D eigenvalue weighted by Gasteiger charge is 2.60. The number of hydrogen-bond donors (Lipinski definition) is 0. The molecule has 112 valence electrons. The van der Waals surface area contributed by atoms with E-state index in [0.29, 0.717) is 11.5 Å². The van der Waals surface area contributed by atoms with Gasteiger partial charge in [0, 0.05) is 9.89 Å². The van der Waals surface area contributed by atoms with Crippen molar-refractivity contribution in [2.75, 3.05) is 0 Å². The summed E-state index contributed by atoms with van der Waals surface area (Å²) in [7, 11) is 0. The van der Waals surface area contributed by atoms with Gasteiger partial charge < -0.3 is 4.84 Å². The number of oxime groups is 1. The average molecular weight is 350 g/mol. The number of rotatable bonds is 2. The minimum absolute atomic E-state index is 0.0671. The van der Waals surface area contributed by atoms with Crippen LogP contribution in [-0.4, -0.2) is 11.7 Å². The summed E-state index contributed by atoms with van der Waals surface area (Å²) in [6.45, 7) is 6.87. The van der Waals surface area contributed by atoms with Gasteiger partial charge in [-0.2, -0.15) is 0 Å². The van der Waals surface area contributed by atoms with Crippen molar-refractivity contribution < 1.29 is 9.63 Å². The Bertz CT molecular complexity index is 606. The molecule has 4 heteroatoms. The van der Waals surface area contributed by atoms with Crippen LogP contribution in [0.1, 0.15) is 50.4 Å². The number of carbonyl (C=O) groups is 1. The van der Waals surface area contributed by atoms with Crippen LogP contribution < -0.4 is 0 Å². The summed E-state index contributed by atoms with van der Waals surface area (Å²) in [5, 5.41) is 4.23. The Labute approximate surface area is 133 Å². The van der Waals surface area contributed by atoms with Crippen LogP contribution in [0.15, 0.2) is 33.9 Å². The Kier molecular flexibility index (Phi) is 3.47. The van der Waals surface area contributed by atoms with E-state index in [1.807, 2.05) is 12.1 Å². The molecule has 0 saturated heterocycles. The zero-order valence-electron chi connectivity index (χ0n) is 12.6. The number of halogens is 1. The minimum atomic E-state index is -0.390. The minimum Gasteiger partial charge on any atom is -0.313 e. The number of benzene rings is 1. The van der Waals surface area contributed by atoms with Crippen molar-refractivity contribution in [3.63, 3.8) is 0 Å². The van der Waals surface area contributed by atoms with E-state index in [1.54, 1.807) is 12.1 Å². The van der Waals surface area contributed by atoms with E-state index in [4.69, 9.17) is 4.84 Å². The zero-order valence-corrected chi connectivity index (χ0v) is 14.2. The Morgan fingerprint density at radius 3 is 2.48 bits per heavy atom. The first-order valence-electron chi connectivity index (χ1n) is 7.39. The highest BCUT2D eigenvalue weighted by molar-refractivity contribution is 9.10. The second-order valence-corrected chi connectivity index (χ2v) is 7.83. The van der Waals surface area contributed by atoms with Crippen LogP contribution in [0.3, 0.4) is 0 Å². The van der Waals surface area contributed by atoms with Crippen LogP contribution in [0.2, 0.25) is 0 Å². The molecule has 0 spiro atoms. The summed E-state index contributed by atoms with van der Waals surface area (Å²) in [6.07, 6.45) is 3.35. The van der Waals surface area contributed by atoms with Crippen molar-refractivity contribution >= 4 is 27.6 Å². The summed E-state index contributed by atoms with van der Waals surface area (Å²) < 4.78 is 0.938. The third-order valence-corrected chi connectivity index (χ3v) is 6.36. The standard InChI is InChI=1S/C17H20BrNO2/c1-16(2)12-8-9-17(16,3)14(10-12)19-21-15(20)11-4-6-13(18)7-5-11/h4-7,12H,8-10H2,1-3H3/b19-14+. The van der Waals surface area contributed by atoms with Gasteiger partial charge in [0.2, 0.25) is 0 Å². The summed E-state index contributed by atoms with van der Waals surface area (Å²) >= 11 is 3.35. The van der Waals surface area contributed by atoms with Gasteiger partial charge >= 0.3 is 5.97 Å². The summed E-state index contributed by atoms with van der Waals surface area (Å²) in [5.74, 6) is 0.270. The van der Waals surface area contributed by atoms with Crippen molar-refractivity contribution in [1.29, 1.82) is 0 Å². The molecular weight excluding hydrogens is 330 g/mol. The van der Waals surface area contributed by atoms with Crippen molar-refractivity contribution in [1.82, 2.24) is 0 Å². The molecule has 0 heterocycles. The lowest BCUT2D eigenvalue weighted by molar-refractivity contribution is 0.0508. The molecule has 3 rings (SSSR count). The lowest BCUT2D eigenvalue weighted by Gasteiger charge is -2.34. The molecule has 2 atom stereocenters. The molecule has 1 aromatic rings.